The highest BCUT2D eigenvalue weighted by Gasteiger charge is 2.21. The summed E-state index contributed by atoms with van der Waals surface area (Å²) in [7, 11) is 4.66. The number of aromatic nitrogens is 2. The second-order valence-corrected chi connectivity index (χ2v) is 9.36. The number of carbonyl (C=O) groups is 2. The smallest absolute Gasteiger partial charge is 0.266 e. The summed E-state index contributed by atoms with van der Waals surface area (Å²) in [5.74, 6) is 1.08. The van der Waals surface area contributed by atoms with E-state index < -0.39 is 0 Å². The first-order valence-corrected chi connectivity index (χ1v) is 12.6. The number of nitrogens with one attached hydrogen (secondary N) is 2. The highest BCUT2D eigenvalue weighted by molar-refractivity contribution is 7.20. The number of rotatable bonds is 10. The lowest BCUT2D eigenvalue weighted by atomic mass is 10.1. The van der Waals surface area contributed by atoms with Crippen molar-refractivity contribution in [2.75, 3.05) is 33.2 Å². The molecule has 4 rings (SSSR count). The minimum Gasteiger partial charge on any atom is -0.495 e. The molecule has 10 nitrogen and oxygen atoms in total. The van der Waals surface area contributed by atoms with E-state index in [1.807, 2.05) is 18.2 Å². The van der Waals surface area contributed by atoms with Crippen molar-refractivity contribution in [3.05, 3.63) is 75.1 Å². The third-order valence-electron chi connectivity index (χ3n) is 5.98. The van der Waals surface area contributed by atoms with Gasteiger partial charge in [-0.05, 0) is 48.7 Å². The average molecular weight is 537 g/mol. The summed E-state index contributed by atoms with van der Waals surface area (Å²) in [5.41, 5.74) is 1.62. The summed E-state index contributed by atoms with van der Waals surface area (Å²) in [6, 6.07) is 12.6. The molecule has 0 unspecified atom stereocenters. The van der Waals surface area contributed by atoms with Crippen LogP contribution in [-0.2, 0) is 17.8 Å². The number of aryl methyl sites for hydroxylation is 1. The summed E-state index contributed by atoms with van der Waals surface area (Å²) < 4.78 is 17.1. The van der Waals surface area contributed by atoms with E-state index in [1.165, 1.54) is 18.0 Å². The van der Waals surface area contributed by atoms with Gasteiger partial charge in [-0.1, -0.05) is 18.2 Å². The van der Waals surface area contributed by atoms with Gasteiger partial charge >= 0.3 is 0 Å². The van der Waals surface area contributed by atoms with Crippen molar-refractivity contribution < 1.29 is 23.8 Å². The fourth-order valence-electron chi connectivity index (χ4n) is 4.01. The van der Waals surface area contributed by atoms with Gasteiger partial charge in [-0.3, -0.25) is 19.0 Å². The van der Waals surface area contributed by atoms with Gasteiger partial charge in [0.2, 0.25) is 5.91 Å². The Morgan fingerprint density at radius 1 is 1.00 bits per heavy atom. The van der Waals surface area contributed by atoms with E-state index in [0.29, 0.717) is 56.6 Å². The molecule has 0 aliphatic heterocycles. The Morgan fingerprint density at radius 2 is 1.74 bits per heavy atom. The number of hydrogen-bond acceptors (Lipinski definition) is 8. The first kappa shape index (κ1) is 26.7. The zero-order chi connectivity index (χ0) is 27.2. The number of hydrogen-bond donors (Lipinski definition) is 2. The SMILES string of the molecule is COc1ccccc1NC(=O)c1sc2ncn(CC(=O)NCCc3ccc(OC)c(OC)c3)c(=O)c2c1C. The lowest BCUT2D eigenvalue weighted by molar-refractivity contribution is -0.121. The van der Waals surface area contributed by atoms with Crippen LogP contribution in [0.2, 0.25) is 0 Å². The molecule has 0 bridgehead atoms. The summed E-state index contributed by atoms with van der Waals surface area (Å²) in [5, 5.41) is 5.97. The summed E-state index contributed by atoms with van der Waals surface area (Å²) in [6.45, 7) is 1.89. The number of nitrogens with zero attached hydrogens (tertiary/aromatic N) is 2. The number of para-hydroxylation sites is 2. The monoisotopic (exact) mass is 536 g/mol. The zero-order valence-electron chi connectivity index (χ0n) is 21.5. The number of anilines is 1. The lowest BCUT2D eigenvalue weighted by Crippen LogP contribution is -2.33. The molecule has 2 N–H and O–H groups in total. The van der Waals surface area contributed by atoms with E-state index in [1.54, 1.807) is 45.4 Å². The number of ether oxygens (including phenoxy) is 3. The molecular formula is C27H28N4O6S. The Bertz CT molecular complexity index is 1540. The van der Waals surface area contributed by atoms with Crippen molar-refractivity contribution in [1.82, 2.24) is 14.9 Å². The van der Waals surface area contributed by atoms with E-state index in [0.717, 1.165) is 16.9 Å². The molecule has 0 radical (unpaired) electrons. The van der Waals surface area contributed by atoms with Crippen LogP contribution in [0.1, 0.15) is 20.8 Å². The molecule has 0 saturated heterocycles. The van der Waals surface area contributed by atoms with Crippen LogP contribution >= 0.6 is 11.3 Å². The molecule has 0 spiro atoms. The average Bonchev–Trinajstić information content (AvgIpc) is 3.27. The molecule has 0 saturated carbocycles. The molecule has 11 heteroatoms. The van der Waals surface area contributed by atoms with Crippen molar-refractivity contribution in [3.63, 3.8) is 0 Å². The molecule has 2 aromatic carbocycles. The maximum absolute atomic E-state index is 13.2. The van der Waals surface area contributed by atoms with E-state index in [-0.39, 0.29) is 23.9 Å². The van der Waals surface area contributed by atoms with Crippen LogP contribution in [0.25, 0.3) is 10.2 Å². The second-order valence-electron chi connectivity index (χ2n) is 8.36. The Kier molecular flexibility index (Phi) is 8.27. The number of carbonyl (C=O) groups excluding carboxylic acids is 2. The van der Waals surface area contributed by atoms with Crippen LogP contribution in [0, 0.1) is 6.92 Å². The van der Waals surface area contributed by atoms with Crippen molar-refractivity contribution in [3.8, 4) is 17.2 Å². The third-order valence-corrected chi connectivity index (χ3v) is 7.18. The first-order chi connectivity index (χ1) is 18.4. The standard InChI is InChI=1S/C27H28N4O6S/c1-16-23-26(38-24(16)25(33)30-18-7-5-6-8-19(18)35-2)29-15-31(27(23)34)14-22(32)28-12-11-17-9-10-20(36-3)21(13-17)37-4/h5-10,13,15H,11-12,14H2,1-4H3,(H,28,32)(H,30,33). The Morgan fingerprint density at radius 3 is 2.47 bits per heavy atom. The van der Waals surface area contributed by atoms with Crippen molar-refractivity contribution >= 4 is 39.1 Å². The maximum Gasteiger partial charge on any atom is 0.266 e. The van der Waals surface area contributed by atoms with Crippen molar-refractivity contribution in [1.29, 1.82) is 0 Å². The number of amides is 2. The minimum absolute atomic E-state index is 0.189. The molecule has 198 valence electrons. The van der Waals surface area contributed by atoms with Gasteiger partial charge in [0.05, 0.1) is 43.6 Å². The van der Waals surface area contributed by atoms with Gasteiger partial charge in [0.25, 0.3) is 11.5 Å². The highest BCUT2D eigenvalue weighted by atomic mass is 32.1. The molecule has 2 aromatic heterocycles. The number of methoxy groups -OCH3 is 3. The van der Waals surface area contributed by atoms with Crippen LogP contribution in [0.5, 0.6) is 17.2 Å². The van der Waals surface area contributed by atoms with Gasteiger partial charge < -0.3 is 24.8 Å². The van der Waals surface area contributed by atoms with Crippen molar-refractivity contribution in [2.24, 2.45) is 0 Å². The Balaban J connectivity index is 1.44. The molecule has 0 fully saturated rings. The summed E-state index contributed by atoms with van der Waals surface area (Å²) in [6.07, 6.45) is 1.91. The predicted molar refractivity (Wildman–Crippen MR) is 146 cm³/mol. The fraction of sp³-hybridized carbons (Fsp3) is 0.259. The zero-order valence-corrected chi connectivity index (χ0v) is 22.3. The van der Waals surface area contributed by atoms with Crippen LogP contribution in [-0.4, -0.2) is 49.2 Å². The predicted octanol–water partition coefficient (Wildman–Crippen LogP) is 3.40. The Hall–Kier alpha value is -4.38. The van der Waals surface area contributed by atoms with Crippen LogP contribution in [0.15, 0.2) is 53.6 Å². The van der Waals surface area contributed by atoms with Gasteiger partial charge in [-0.25, -0.2) is 4.98 Å². The second kappa shape index (κ2) is 11.8. The molecule has 4 aromatic rings. The van der Waals surface area contributed by atoms with Gasteiger partial charge in [0, 0.05) is 6.54 Å². The normalized spacial score (nSPS) is 10.7. The quantitative estimate of drug-likeness (QED) is 0.319. The molecule has 2 heterocycles. The summed E-state index contributed by atoms with van der Waals surface area (Å²) in [4.78, 5) is 43.9. The van der Waals surface area contributed by atoms with E-state index in [9.17, 15) is 14.4 Å². The van der Waals surface area contributed by atoms with Gasteiger partial charge in [0.15, 0.2) is 11.5 Å². The number of fused-ring (bicyclic) bond motifs is 1. The number of thiophene rings is 1. The van der Waals surface area contributed by atoms with E-state index in [4.69, 9.17) is 14.2 Å². The van der Waals surface area contributed by atoms with Gasteiger partial charge in [0.1, 0.15) is 17.1 Å². The van der Waals surface area contributed by atoms with E-state index in [2.05, 4.69) is 15.6 Å². The minimum atomic E-state index is -0.380. The molecular weight excluding hydrogens is 508 g/mol. The first-order valence-electron chi connectivity index (χ1n) is 11.8. The fourth-order valence-corrected chi connectivity index (χ4v) is 5.04. The van der Waals surface area contributed by atoms with Crippen LogP contribution < -0.4 is 30.4 Å². The topological polar surface area (TPSA) is 121 Å². The van der Waals surface area contributed by atoms with Crippen molar-refractivity contribution in [2.45, 2.75) is 19.9 Å². The molecule has 0 aliphatic carbocycles. The lowest BCUT2D eigenvalue weighted by Gasteiger charge is -2.10. The van der Waals surface area contributed by atoms with Gasteiger partial charge in [-0.2, -0.15) is 0 Å². The maximum atomic E-state index is 13.2. The summed E-state index contributed by atoms with van der Waals surface area (Å²) >= 11 is 1.13. The third kappa shape index (κ3) is 5.62. The van der Waals surface area contributed by atoms with Crippen LogP contribution in [0.4, 0.5) is 5.69 Å². The largest absolute Gasteiger partial charge is 0.495 e. The van der Waals surface area contributed by atoms with Crippen LogP contribution in [0.3, 0.4) is 0 Å². The molecule has 0 atom stereocenters. The Labute approximate surface area is 223 Å². The molecule has 2 amide bonds. The molecule has 38 heavy (non-hydrogen) atoms. The molecule has 0 aliphatic rings. The van der Waals surface area contributed by atoms with Gasteiger partial charge in [-0.15, -0.1) is 11.3 Å². The highest BCUT2D eigenvalue weighted by Crippen LogP contribution is 2.30. The number of benzene rings is 2. The van der Waals surface area contributed by atoms with E-state index >= 15 is 0 Å².